The Morgan fingerprint density at radius 1 is 1.16 bits per heavy atom. The van der Waals surface area contributed by atoms with Crippen LogP contribution in [0.4, 0.5) is 18.9 Å². The van der Waals surface area contributed by atoms with Gasteiger partial charge in [-0.15, -0.1) is 13.2 Å². The predicted molar refractivity (Wildman–Crippen MR) is 65.4 cm³/mol. The van der Waals surface area contributed by atoms with Gasteiger partial charge in [0, 0.05) is 11.1 Å². The molecule has 1 N–H and O–H groups in total. The lowest BCUT2D eigenvalue weighted by atomic mass is 10.2. The van der Waals surface area contributed by atoms with Crippen molar-refractivity contribution in [1.82, 2.24) is 0 Å². The fourth-order valence-corrected chi connectivity index (χ4v) is 1.97. The third-order valence-electron chi connectivity index (χ3n) is 2.13. The number of nitrogens with one attached hydrogen (secondary N) is 1. The summed E-state index contributed by atoms with van der Waals surface area (Å²) >= 11 is 1.38. The zero-order chi connectivity index (χ0) is 13.9. The SMILES string of the molecule is O=C(Nc1ccc(OC(F)(F)F)cc1)c1ccsc1. The second-order valence-electron chi connectivity index (χ2n) is 3.54. The van der Waals surface area contributed by atoms with Crippen LogP contribution in [0.25, 0.3) is 0 Å². The zero-order valence-electron chi connectivity index (χ0n) is 9.40. The summed E-state index contributed by atoms with van der Waals surface area (Å²) in [5.41, 5.74) is 0.895. The molecular weight excluding hydrogens is 279 g/mol. The molecule has 3 nitrogen and oxygen atoms in total. The van der Waals surface area contributed by atoms with E-state index >= 15 is 0 Å². The monoisotopic (exact) mass is 287 g/mol. The highest BCUT2D eigenvalue weighted by Gasteiger charge is 2.30. The number of amides is 1. The molecule has 0 unspecified atom stereocenters. The molecule has 2 aromatic rings. The lowest BCUT2D eigenvalue weighted by Crippen LogP contribution is -2.17. The number of ether oxygens (including phenoxy) is 1. The second-order valence-corrected chi connectivity index (χ2v) is 4.32. The van der Waals surface area contributed by atoms with E-state index in [1.54, 1.807) is 16.8 Å². The standard InChI is InChI=1S/C12H8F3NO2S/c13-12(14,15)18-10-3-1-9(2-4-10)16-11(17)8-5-6-19-7-8/h1-7H,(H,16,17). The van der Waals surface area contributed by atoms with Crippen LogP contribution in [-0.4, -0.2) is 12.3 Å². The molecule has 0 aliphatic rings. The zero-order valence-corrected chi connectivity index (χ0v) is 10.2. The van der Waals surface area contributed by atoms with Gasteiger partial charge in [0.25, 0.3) is 5.91 Å². The summed E-state index contributed by atoms with van der Waals surface area (Å²) in [4.78, 5) is 11.7. The van der Waals surface area contributed by atoms with Gasteiger partial charge in [-0.25, -0.2) is 0 Å². The maximum Gasteiger partial charge on any atom is 0.573 e. The summed E-state index contributed by atoms with van der Waals surface area (Å²) in [5, 5.41) is 6.00. The Balaban J connectivity index is 2.01. The van der Waals surface area contributed by atoms with E-state index < -0.39 is 6.36 Å². The third kappa shape index (κ3) is 3.99. The summed E-state index contributed by atoms with van der Waals surface area (Å²) in [6, 6.07) is 6.60. The molecule has 1 aromatic carbocycles. The average Bonchev–Trinajstić information content (AvgIpc) is 2.83. The summed E-state index contributed by atoms with van der Waals surface area (Å²) in [6.07, 6.45) is -4.72. The number of benzene rings is 1. The molecule has 2 rings (SSSR count). The summed E-state index contributed by atoms with van der Waals surface area (Å²) in [7, 11) is 0. The minimum absolute atomic E-state index is 0.314. The van der Waals surface area contributed by atoms with Crippen LogP contribution in [0.15, 0.2) is 41.1 Å². The Morgan fingerprint density at radius 3 is 2.37 bits per heavy atom. The Hall–Kier alpha value is -2.02. The van der Waals surface area contributed by atoms with E-state index in [0.717, 1.165) is 12.1 Å². The van der Waals surface area contributed by atoms with Gasteiger partial charge >= 0.3 is 6.36 Å². The minimum atomic E-state index is -4.72. The van der Waals surface area contributed by atoms with Gasteiger partial charge in [0.15, 0.2) is 0 Å². The quantitative estimate of drug-likeness (QED) is 0.929. The van der Waals surface area contributed by atoms with E-state index in [1.165, 1.54) is 23.5 Å². The molecule has 0 aliphatic heterocycles. The molecule has 0 saturated carbocycles. The van der Waals surface area contributed by atoms with E-state index in [0.29, 0.717) is 11.3 Å². The molecule has 0 bridgehead atoms. The molecule has 1 amide bonds. The fourth-order valence-electron chi connectivity index (χ4n) is 1.34. The van der Waals surface area contributed by atoms with Crippen LogP contribution in [0.2, 0.25) is 0 Å². The van der Waals surface area contributed by atoms with Crippen LogP contribution in [0, 0.1) is 0 Å². The number of rotatable bonds is 3. The van der Waals surface area contributed by atoms with E-state index in [9.17, 15) is 18.0 Å². The van der Waals surface area contributed by atoms with E-state index in [2.05, 4.69) is 10.1 Å². The first-order chi connectivity index (χ1) is 8.94. The number of carbonyl (C=O) groups is 1. The molecule has 0 aliphatic carbocycles. The highest BCUT2D eigenvalue weighted by molar-refractivity contribution is 7.08. The van der Waals surface area contributed by atoms with Crippen LogP contribution in [0.3, 0.4) is 0 Å². The van der Waals surface area contributed by atoms with Crippen molar-refractivity contribution in [3.05, 3.63) is 46.7 Å². The number of hydrogen-bond donors (Lipinski definition) is 1. The van der Waals surface area contributed by atoms with Crippen LogP contribution in [-0.2, 0) is 0 Å². The summed E-state index contributed by atoms with van der Waals surface area (Å²) < 4.78 is 39.6. The van der Waals surface area contributed by atoms with Crippen molar-refractivity contribution >= 4 is 22.9 Å². The lowest BCUT2D eigenvalue weighted by Gasteiger charge is -2.09. The molecular formula is C12H8F3NO2S. The lowest BCUT2D eigenvalue weighted by molar-refractivity contribution is -0.274. The van der Waals surface area contributed by atoms with Crippen molar-refractivity contribution in [3.63, 3.8) is 0 Å². The molecule has 1 heterocycles. The summed E-state index contributed by atoms with van der Waals surface area (Å²) in [6.45, 7) is 0. The molecule has 0 spiro atoms. The fraction of sp³-hybridized carbons (Fsp3) is 0.0833. The van der Waals surface area contributed by atoms with Crippen molar-refractivity contribution in [2.75, 3.05) is 5.32 Å². The van der Waals surface area contributed by atoms with E-state index in [4.69, 9.17) is 0 Å². The average molecular weight is 287 g/mol. The summed E-state index contributed by atoms with van der Waals surface area (Å²) in [5.74, 6) is -0.647. The first-order valence-electron chi connectivity index (χ1n) is 5.13. The molecule has 100 valence electrons. The van der Waals surface area contributed by atoms with Crippen LogP contribution >= 0.6 is 11.3 Å². The van der Waals surface area contributed by atoms with Gasteiger partial charge in [0.05, 0.1) is 5.56 Å². The van der Waals surface area contributed by atoms with Gasteiger partial charge in [0.2, 0.25) is 0 Å². The number of anilines is 1. The topological polar surface area (TPSA) is 38.3 Å². The highest BCUT2D eigenvalue weighted by Crippen LogP contribution is 2.24. The first-order valence-corrected chi connectivity index (χ1v) is 6.08. The molecule has 0 atom stereocenters. The maximum absolute atomic E-state index is 11.9. The third-order valence-corrected chi connectivity index (χ3v) is 2.81. The van der Waals surface area contributed by atoms with E-state index in [-0.39, 0.29) is 11.7 Å². The number of hydrogen-bond acceptors (Lipinski definition) is 3. The second kappa shape index (κ2) is 5.31. The van der Waals surface area contributed by atoms with Crippen molar-refractivity contribution < 1.29 is 22.7 Å². The van der Waals surface area contributed by atoms with Gasteiger partial charge in [0.1, 0.15) is 5.75 Å². The molecule has 1 aromatic heterocycles. The van der Waals surface area contributed by atoms with Crippen LogP contribution in [0.5, 0.6) is 5.75 Å². The van der Waals surface area contributed by atoms with Gasteiger partial charge in [-0.2, -0.15) is 11.3 Å². The van der Waals surface area contributed by atoms with Gasteiger partial charge < -0.3 is 10.1 Å². The Kier molecular flexibility index (Phi) is 3.75. The number of halogens is 3. The minimum Gasteiger partial charge on any atom is -0.406 e. The highest BCUT2D eigenvalue weighted by atomic mass is 32.1. The van der Waals surface area contributed by atoms with Crippen molar-refractivity contribution in [3.8, 4) is 5.75 Å². The Labute approximate surface area is 110 Å². The Bertz CT molecular complexity index is 549. The molecule has 19 heavy (non-hydrogen) atoms. The van der Waals surface area contributed by atoms with Gasteiger partial charge in [-0.1, -0.05) is 0 Å². The van der Waals surface area contributed by atoms with Crippen molar-refractivity contribution in [2.45, 2.75) is 6.36 Å². The maximum atomic E-state index is 11.9. The van der Waals surface area contributed by atoms with Gasteiger partial charge in [-0.3, -0.25) is 4.79 Å². The normalized spacial score (nSPS) is 11.1. The largest absolute Gasteiger partial charge is 0.573 e. The smallest absolute Gasteiger partial charge is 0.406 e. The molecule has 0 fully saturated rings. The van der Waals surface area contributed by atoms with Crippen LogP contribution < -0.4 is 10.1 Å². The molecule has 0 saturated heterocycles. The molecule has 7 heteroatoms. The number of thiophene rings is 1. The number of alkyl halides is 3. The van der Waals surface area contributed by atoms with Crippen LogP contribution in [0.1, 0.15) is 10.4 Å². The van der Waals surface area contributed by atoms with E-state index in [1.807, 2.05) is 0 Å². The Morgan fingerprint density at radius 2 is 1.84 bits per heavy atom. The van der Waals surface area contributed by atoms with Crippen molar-refractivity contribution in [2.24, 2.45) is 0 Å². The molecule has 0 radical (unpaired) electrons. The van der Waals surface area contributed by atoms with Crippen molar-refractivity contribution in [1.29, 1.82) is 0 Å². The van der Waals surface area contributed by atoms with Gasteiger partial charge in [-0.05, 0) is 35.7 Å². The predicted octanol–water partition coefficient (Wildman–Crippen LogP) is 3.90. The first kappa shape index (κ1) is 13.4. The number of carbonyl (C=O) groups excluding carboxylic acids is 1.